The number of hydrogen-bond acceptors (Lipinski definition) is 3. The second-order valence-electron chi connectivity index (χ2n) is 5.65. The number of halogens is 1. The van der Waals surface area contributed by atoms with Crippen molar-refractivity contribution in [3.8, 4) is 0 Å². The second kappa shape index (κ2) is 8.22. The van der Waals surface area contributed by atoms with Crippen LogP contribution in [-0.4, -0.2) is 47.0 Å². The highest BCUT2D eigenvalue weighted by atomic mass is 79.9. The van der Waals surface area contributed by atoms with E-state index in [0.29, 0.717) is 4.99 Å². The molecule has 1 aromatic rings. The molecule has 1 unspecified atom stereocenters. The van der Waals surface area contributed by atoms with Gasteiger partial charge in [-0.2, -0.15) is 0 Å². The van der Waals surface area contributed by atoms with Crippen LogP contribution in [0.5, 0.6) is 0 Å². The zero-order valence-corrected chi connectivity index (χ0v) is 15.0. The highest BCUT2D eigenvalue weighted by Gasteiger charge is 2.24. The lowest BCUT2D eigenvalue weighted by molar-refractivity contribution is 0.110. The van der Waals surface area contributed by atoms with Crippen molar-refractivity contribution in [3.63, 3.8) is 0 Å². The molecule has 2 N–H and O–H groups in total. The van der Waals surface area contributed by atoms with Gasteiger partial charge in [0, 0.05) is 37.2 Å². The normalized spacial score (nSPS) is 18.6. The van der Waals surface area contributed by atoms with E-state index in [1.807, 2.05) is 0 Å². The molecule has 0 amide bonds. The third-order valence-corrected chi connectivity index (χ3v) is 4.80. The van der Waals surface area contributed by atoms with Gasteiger partial charge in [-0.1, -0.05) is 53.6 Å². The average Bonchev–Trinajstić information content (AvgIpc) is 2.45. The smallest absolute Gasteiger partial charge is 0.0902 e. The van der Waals surface area contributed by atoms with Gasteiger partial charge in [0.25, 0.3) is 0 Å². The van der Waals surface area contributed by atoms with E-state index in [9.17, 15) is 0 Å². The van der Waals surface area contributed by atoms with Crippen LogP contribution in [0.1, 0.15) is 25.3 Å². The zero-order valence-electron chi connectivity index (χ0n) is 12.6. The van der Waals surface area contributed by atoms with Crippen LogP contribution < -0.4 is 5.73 Å². The minimum absolute atomic E-state index is 0.276. The fourth-order valence-corrected chi connectivity index (χ4v) is 3.62. The fourth-order valence-electron chi connectivity index (χ4n) is 2.90. The van der Waals surface area contributed by atoms with Gasteiger partial charge in [-0.15, -0.1) is 0 Å². The van der Waals surface area contributed by atoms with E-state index in [0.717, 1.165) is 50.0 Å². The van der Waals surface area contributed by atoms with Gasteiger partial charge in [0.2, 0.25) is 0 Å². The summed E-state index contributed by atoms with van der Waals surface area (Å²) in [4.78, 5) is 5.60. The van der Waals surface area contributed by atoms with Crippen LogP contribution in [-0.2, 0) is 6.54 Å². The molecule has 0 aliphatic carbocycles. The number of piperazine rings is 1. The predicted octanol–water partition coefficient (Wildman–Crippen LogP) is 3.02. The van der Waals surface area contributed by atoms with Crippen LogP contribution >= 0.6 is 28.1 Å². The minimum Gasteiger partial charge on any atom is -0.392 e. The van der Waals surface area contributed by atoms with Crippen molar-refractivity contribution in [2.75, 3.05) is 26.2 Å². The Kier molecular flexibility index (Phi) is 6.61. The van der Waals surface area contributed by atoms with Crippen LogP contribution in [0.2, 0.25) is 0 Å². The maximum Gasteiger partial charge on any atom is 0.0902 e. The molecule has 0 saturated carbocycles. The Bertz CT molecular complexity index is 472. The van der Waals surface area contributed by atoms with Crippen molar-refractivity contribution in [1.29, 1.82) is 0 Å². The van der Waals surface area contributed by atoms with Gasteiger partial charge >= 0.3 is 0 Å². The zero-order chi connectivity index (χ0) is 15.2. The molecule has 2 rings (SSSR count). The summed E-state index contributed by atoms with van der Waals surface area (Å²) in [5.74, 6) is 0. The Balaban J connectivity index is 1.86. The van der Waals surface area contributed by atoms with Gasteiger partial charge in [0.15, 0.2) is 0 Å². The molecular formula is C16H24BrN3S. The molecule has 116 valence electrons. The van der Waals surface area contributed by atoms with Crippen LogP contribution in [0.15, 0.2) is 28.7 Å². The van der Waals surface area contributed by atoms with Gasteiger partial charge in [-0.25, -0.2) is 0 Å². The highest BCUT2D eigenvalue weighted by Crippen LogP contribution is 2.16. The lowest BCUT2D eigenvalue weighted by Crippen LogP contribution is -2.53. The number of hydrogen-bond donors (Lipinski definition) is 1. The van der Waals surface area contributed by atoms with Gasteiger partial charge < -0.3 is 5.73 Å². The monoisotopic (exact) mass is 369 g/mol. The summed E-state index contributed by atoms with van der Waals surface area (Å²) in [5.41, 5.74) is 7.26. The van der Waals surface area contributed by atoms with Crippen molar-refractivity contribution in [3.05, 3.63) is 34.3 Å². The summed E-state index contributed by atoms with van der Waals surface area (Å²) in [6.07, 6.45) is 2.20. The molecule has 0 radical (unpaired) electrons. The maximum absolute atomic E-state index is 5.90. The van der Waals surface area contributed by atoms with Gasteiger partial charge in [0.05, 0.1) is 11.0 Å². The third-order valence-electron chi connectivity index (χ3n) is 4.03. The molecule has 1 aromatic carbocycles. The molecule has 0 aromatic heterocycles. The third kappa shape index (κ3) is 5.02. The first-order chi connectivity index (χ1) is 10.1. The number of rotatable bonds is 6. The molecule has 5 heteroatoms. The standard InChI is InChI=1S/C16H24BrN3S/c1-2-4-15(16(18)21)20-9-7-19(8-10-20)12-13-5-3-6-14(17)11-13/h3,5-6,11,15H,2,4,7-10,12H2,1H3,(H2,18,21). The van der Waals surface area contributed by atoms with E-state index in [-0.39, 0.29) is 6.04 Å². The van der Waals surface area contributed by atoms with Crippen LogP contribution in [0.3, 0.4) is 0 Å². The predicted molar refractivity (Wildman–Crippen MR) is 96.5 cm³/mol. The summed E-state index contributed by atoms with van der Waals surface area (Å²) in [6.45, 7) is 7.46. The molecule has 1 atom stereocenters. The Morgan fingerprint density at radius 3 is 2.62 bits per heavy atom. The van der Waals surface area contributed by atoms with Crippen molar-refractivity contribution in [2.24, 2.45) is 5.73 Å². The van der Waals surface area contributed by atoms with E-state index >= 15 is 0 Å². The molecule has 1 heterocycles. The Hall–Kier alpha value is -0.490. The van der Waals surface area contributed by atoms with Gasteiger partial charge in [-0.3, -0.25) is 9.80 Å². The summed E-state index contributed by atoms with van der Waals surface area (Å²) in [6, 6.07) is 8.82. The minimum atomic E-state index is 0.276. The van der Waals surface area contributed by atoms with E-state index in [1.54, 1.807) is 0 Å². The average molecular weight is 370 g/mol. The van der Waals surface area contributed by atoms with E-state index in [4.69, 9.17) is 18.0 Å². The Morgan fingerprint density at radius 2 is 2.05 bits per heavy atom. The first kappa shape index (κ1) is 16.9. The summed E-state index contributed by atoms with van der Waals surface area (Å²) in [7, 11) is 0. The van der Waals surface area contributed by atoms with Crippen LogP contribution in [0, 0.1) is 0 Å². The van der Waals surface area contributed by atoms with Crippen molar-refractivity contribution in [1.82, 2.24) is 9.80 Å². The molecule has 1 aliphatic heterocycles. The fraction of sp³-hybridized carbons (Fsp3) is 0.562. The van der Waals surface area contributed by atoms with Gasteiger partial charge in [-0.05, 0) is 24.1 Å². The molecule has 0 spiro atoms. The van der Waals surface area contributed by atoms with Crippen molar-refractivity contribution < 1.29 is 0 Å². The lowest BCUT2D eigenvalue weighted by atomic mass is 10.1. The first-order valence-electron chi connectivity index (χ1n) is 7.60. The van der Waals surface area contributed by atoms with Crippen molar-refractivity contribution in [2.45, 2.75) is 32.4 Å². The van der Waals surface area contributed by atoms with Gasteiger partial charge in [0.1, 0.15) is 0 Å². The quantitative estimate of drug-likeness (QED) is 0.781. The van der Waals surface area contributed by atoms with Crippen LogP contribution in [0.4, 0.5) is 0 Å². The first-order valence-corrected chi connectivity index (χ1v) is 8.80. The Labute approximate surface area is 141 Å². The molecular weight excluding hydrogens is 346 g/mol. The SMILES string of the molecule is CCCC(C(N)=S)N1CCN(Cc2cccc(Br)c2)CC1. The molecule has 1 fully saturated rings. The molecule has 21 heavy (non-hydrogen) atoms. The molecule has 1 saturated heterocycles. The number of thiocarbonyl (C=S) groups is 1. The number of benzene rings is 1. The second-order valence-corrected chi connectivity index (χ2v) is 7.04. The lowest BCUT2D eigenvalue weighted by Gasteiger charge is -2.39. The summed E-state index contributed by atoms with van der Waals surface area (Å²) in [5, 5.41) is 0. The highest BCUT2D eigenvalue weighted by molar-refractivity contribution is 9.10. The molecule has 1 aliphatic rings. The Morgan fingerprint density at radius 1 is 1.33 bits per heavy atom. The van der Waals surface area contributed by atoms with E-state index in [2.05, 4.69) is 56.9 Å². The largest absolute Gasteiger partial charge is 0.392 e. The van der Waals surface area contributed by atoms with Crippen molar-refractivity contribution >= 4 is 33.1 Å². The molecule has 0 bridgehead atoms. The maximum atomic E-state index is 5.90. The number of nitrogens with zero attached hydrogens (tertiary/aromatic N) is 2. The topological polar surface area (TPSA) is 32.5 Å². The van der Waals surface area contributed by atoms with E-state index in [1.165, 1.54) is 5.56 Å². The summed E-state index contributed by atoms with van der Waals surface area (Å²) >= 11 is 8.76. The van der Waals surface area contributed by atoms with Crippen LogP contribution in [0.25, 0.3) is 0 Å². The molecule has 3 nitrogen and oxygen atoms in total. The summed E-state index contributed by atoms with van der Waals surface area (Å²) < 4.78 is 1.15. The number of nitrogens with two attached hydrogens (primary N) is 1. The van der Waals surface area contributed by atoms with E-state index < -0.39 is 0 Å².